The average molecular weight is 421 g/mol. The number of aryl methyl sites for hydroxylation is 2. The van der Waals surface area contributed by atoms with Gasteiger partial charge in [0.15, 0.2) is 16.4 Å². The molecule has 0 saturated heterocycles. The lowest BCUT2D eigenvalue weighted by Gasteiger charge is -2.09. The maximum atomic E-state index is 12.6. The first-order chi connectivity index (χ1) is 13.5. The topological polar surface area (TPSA) is 120 Å². The molecular formula is C20H23NO7S. The van der Waals surface area contributed by atoms with Crippen molar-refractivity contribution < 1.29 is 32.3 Å². The highest BCUT2D eigenvalue weighted by atomic mass is 32.2. The molecule has 0 aliphatic rings. The van der Waals surface area contributed by atoms with Crippen LogP contribution in [0.4, 0.5) is 0 Å². The van der Waals surface area contributed by atoms with Crippen molar-refractivity contribution in [3.8, 4) is 0 Å². The third-order valence-corrected chi connectivity index (χ3v) is 5.50. The summed E-state index contributed by atoms with van der Waals surface area (Å²) in [4.78, 5) is 39.7. The van der Waals surface area contributed by atoms with Crippen LogP contribution in [0.1, 0.15) is 54.9 Å². The predicted octanol–water partition coefficient (Wildman–Crippen LogP) is 2.56. The lowest BCUT2D eigenvalue weighted by Crippen LogP contribution is -2.16. The van der Waals surface area contributed by atoms with E-state index in [-0.39, 0.29) is 28.3 Å². The number of H-pyrrole nitrogens is 1. The van der Waals surface area contributed by atoms with Gasteiger partial charge >= 0.3 is 11.9 Å². The molecule has 2 aromatic rings. The second kappa shape index (κ2) is 8.60. The minimum atomic E-state index is -3.49. The molecule has 1 heterocycles. The zero-order valence-electron chi connectivity index (χ0n) is 16.9. The van der Waals surface area contributed by atoms with Crippen molar-refractivity contribution in [3.05, 3.63) is 51.8 Å². The second-order valence-corrected chi connectivity index (χ2v) is 8.61. The summed E-state index contributed by atoms with van der Waals surface area (Å²) in [5.74, 6) is -1.87. The maximum Gasteiger partial charge on any atom is 0.355 e. The zero-order chi connectivity index (χ0) is 21.9. The second-order valence-electron chi connectivity index (χ2n) is 6.59. The Morgan fingerprint density at radius 3 is 2.28 bits per heavy atom. The van der Waals surface area contributed by atoms with Gasteiger partial charge in [0.2, 0.25) is 5.78 Å². The van der Waals surface area contributed by atoms with Gasteiger partial charge in [-0.15, -0.1) is 0 Å². The van der Waals surface area contributed by atoms with Gasteiger partial charge in [-0.25, -0.2) is 18.0 Å². The molecule has 1 aromatic heterocycles. The first-order valence-electron chi connectivity index (χ1n) is 8.84. The monoisotopic (exact) mass is 421 g/mol. The number of sulfone groups is 1. The summed E-state index contributed by atoms with van der Waals surface area (Å²) in [6.45, 7) is 6.19. The third kappa shape index (κ3) is 4.92. The summed E-state index contributed by atoms with van der Waals surface area (Å²) in [5, 5.41) is 0. The van der Waals surface area contributed by atoms with E-state index in [1.807, 2.05) is 0 Å². The Balaban J connectivity index is 2.20. The Hall–Kier alpha value is -2.94. The number of rotatable bonds is 7. The summed E-state index contributed by atoms with van der Waals surface area (Å²) in [5.41, 5.74) is 1.89. The van der Waals surface area contributed by atoms with Crippen LogP contribution in [0.5, 0.6) is 0 Å². The van der Waals surface area contributed by atoms with E-state index in [0.717, 1.165) is 6.26 Å². The Morgan fingerprint density at radius 1 is 1.03 bits per heavy atom. The highest BCUT2D eigenvalue weighted by Gasteiger charge is 2.24. The normalized spacial score (nSPS) is 11.2. The van der Waals surface area contributed by atoms with E-state index in [2.05, 4.69) is 4.98 Å². The van der Waals surface area contributed by atoms with Crippen molar-refractivity contribution in [1.82, 2.24) is 4.98 Å². The molecule has 1 aromatic carbocycles. The number of ether oxygens (including phenoxy) is 2. The van der Waals surface area contributed by atoms with Gasteiger partial charge in [-0.05, 0) is 51.0 Å². The SMILES string of the molecule is CCOC(=O)c1[nH]c(C)c(C(=O)COC(=O)c2cc(S(C)(=O)=O)ccc2C)c1C. The molecule has 0 radical (unpaired) electrons. The van der Waals surface area contributed by atoms with Crippen LogP contribution in [0.25, 0.3) is 0 Å². The van der Waals surface area contributed by atoms with E-state index in [1.165, 1.54) is 18.2 Å². The minimum absolute atomic E-state index is 0.0159. The van der Waals surface area contributed by atoms with Gasteiger partial charge in [-0.1, -0.05) is 6.07 Å². The molecule has 0 aliphatic heterocycles. The molecule has 0 spiro atoms. The number of benzene rings is 1. The Labute approximate surface area is 169 Å². The molecule has 0 saturated carbocycles. The molecule has 156 valence electrons. The smallest absolute Gasteiger partial charge is 0.355 e. The van der Waals surface area contributed by atoms with E-state index in [4.69, 9.17) is 9.47 Å². The summed E-state index contributed by atoms with van der Waals surface area (Å²) in [6.07, 6.45) is 1.04. The molecule has 8 nitrogen and oxygen atoms in total. The van der Waals surface area contributed by atoms with Crippen molar-refractivity contribution in [3.63, 3.8) is 0 Å². The number of carbonyl (C=O) groups is 3. The summed E-state index contributed by atoms with van der Waals surface area (Å²) >= 11 is 0. The van der Waals surface area contributed by atoms with Gasteiger partial charge in [0, 0.05) is 17.5 Å². The van der Waals surface area contributed by atoms with Gasteiger partial charge in [0.25, 0.3) is 0 Å². The molecule has 0 aliphatic carbocycles. The zero-order valence-corrected chi connectivity index (χ0v) is 17.7. The van der Waals surface area contributed by atoms with Gasteiger partial charge in [0.05, 0.1) is 17.1 Å². The van der Waals surface area contributed by atoms with Crippen LogP contribution in [0, 0.1) is 20.8 Å². The molecule has 0 fully saturated rings. The van der Waals surface area contributed by atoms with Crippen LogP contribution in [-0.2, 0) is 19.3 Å². The van der Waals surface area contributed by atoms with Crippen molar-refractivity contribution in [2.75, 3.05) is 19.5 Å². The van der Waals surface area contributed by atoms with E-state index < -0.39 is 34.2 Å². The number of hydrogen-bond donors (Lipinski definition) is 1. The van der Waals surface area contributed by atoms with Crippen molar-refractivity contribution in [2.24, 2.45) is 0 Å². The quantitative estimate of drug-likeness (QED) is 0.539. The largest absolute Gasteiger partial charge is 0.461 e. The fraction of sp³-hybridized carbons (Fsp3) is 0.350. The van der Waals surface area contributed by atoms with Crippen LogP contribution < -0.4 is 0 Å². The number of Topliss-reactive ketones (excluding diaryl/α,β-unsaturated/α-hetero) is 1. The molecule has 0 unspecified atom stereocenters. The van der Waals surface area contributed by atoms with Crippen LogP contribution in [0.15, 0.2) is 23.1 Å². The highest BCUT2D eigenvalue weighted by molar-refractivity contribution is 7.90. The lowest BCUT2D eigenvalue weighted by atomic mass is 10.1. The standard InChI is InChI=1S/C20H23NO7S/c1-6-27-20(24)18-12(3)17(13(4)21-18)16(22)10-28-19(23)15-9-14(29(5,25)26)8-7-11(15)2/h7-9,21H,6,10H2,1-5H3. The van der Waals surface area contributed by atoms with Crippen molar-refractivity contribution in [2.45, 2.75) is 32.6 Å². The van der Waals surface area contributed by atoms with Gasteiger partial charge in [-0.3, -0.25) is 4.79 Å². The Morgan fingerprint density at radius 2 is 1.69 bits per heavy atom. The number of esters is 2. The molecule has 0 atom stereocenters. The number of hydrogen-bond acceptors (Lipinski definition) is 7. The summed E-state index contributed by atoms with van der Waals surface area (Å²) in [7, 11) is -3.49. The third-order valence-electron chi connectivity index (χ3n) is 4.39. The van der Waals surface area contributed by atoms with E-state index in [0.29, 0.717) is 16.8 Å². The first kappa shape index (κ1) is 22.4. The molecule has 1 N–H and O–H groups in total. The average Bonchev–Trinajstić information content (AvgIpc) is 2.93. The van der Waals surface area contributed by atoms with E-state index in [9.17, 15) is 22.8 Å². The molecular weight excluding hydrogens is 398 g/mol. The molecule has 9 heteroatoms. The van der Waals surface area contributed by atoms with Gasteiger partial charge < -0.3 is 14.5 Å². The maximum absolute atomic E-state index is 12.6. The molecule has 0 amide bonds. The summed E-state index contributed by atoms with van der Waals surface area (Å²) < 4.78 is 33.5. The molecule has 0 bridgehead atoms. The van der Waals surface area contributed by atoms with Gasteiger partial charge in [-0.2, -0.15) is 0 Å². The molecule has 29 heavy (non-hydrogen) atoms. The fourth-order valence-corrected chi connectivity index (χ4v) is 3.56. The Kier molecular flexibility index (Phi) is 6.63. The van der Waals surface area contributed by atoms with Crippen LogP contribution in [0.3, 0.4) is 0 Å². The number of aromatic nitrogens is 1. The van der Waals surface area contributed by atoms with E-state index in [1.54, 1.807) is 27.7 Å². The molecule has 2 rings (SSSR count). The van der Waals surface area contributed by atoms with Crippen molar-refractivity contribution in [1.29, 1.82) is 0 Å². The number of ketones is 1. The number of carbonyl (C=O) groups excluding carboxylic acids is 3. The van der Waals surface area contributed by atoms with Crippen LogP contribution >= 0.6 is 0 Å². The number of aromatic amines is 1. The van der Waals surface area contributed by atoms with Gasteiger partial charge in [0.1, 0.15) is 5.69 Å². The first-order valence-corrected chi connectivity index (χ1v) is 10.7. The van der Waals surface area contributed by atoms with Crippen LogP contribution in [0.2, 0.25) is 0 Å². The lowest BCUT2D eigenvalue weighted by molar-refractivity contribution is 0.0472. The van der Waals surface area contributed by atoms with E-state index >= 15 is 0 Å². The van der Waals surface area contributed by atoms with Crippen molar-refractivity contribution >= 4 is 27.6 Å². The minimum Gasteiger partial charge on any atom is -0.461 e. The Bertz CT molecular complexity index is 1080. The number of nitrogens with one attached hydrogen (secondary N) is 1. The van der Waals surface area contributed by atoms with Crippen LogP contribution in [-0.4, -0.2) is 50.6 Å². The predicted molar refractivity (Wildman–Crippen MR) is 105 cm³/mol. The fourth-order valence-electron chi connectivity index (χ4n) is 2.91. The summed E-state index contributed by atoms with van der Waals surface area (Å²) in [6, 6.07) is 4.13. The highest BCUT2D eigenvalue weighted by Crippen LogP contribution is 2.21.